The second kappa shape index (κ2) is 20.4. The molecule has 0 radical (unpaired) electrons. The summed E-state index contributed by atoms with van der Waals surface area (Å²) in [5.74, 6) is 0. The second-order valence-electron chi connectivity index (χ2n) is 23.0. The molecule has 0 atom stereocenters. The summed E-state index contributed by atoms with van der Waals surface area (Å²) in [5, 5.41) is 12.3. The minimum atomic E-state index is 0.909. The van der Waals surface area contributed by atoms with Gasteiger partial charge in [0.25, 0.3) is 0 Å². The fraction of sp³-hybridized carbons (Fsp3) is 0. The molecule has 19 rings (SSSR count). The van der Waals surface area contributed by atoms with E-state index >= 15 is 0 Å². The summed E-state index contributed by atoms with van der Waals surface area (Å²) in [6, 6.07) is 118. The van der Waals surface area contributed by atoms with Gasteiger partial charge in [-0.3, -0.25) is 0 Å². The van der Waals surface area contributed by atoms with Gasteiger partial charge in [-0.15, -0.1) is 0 Å². The summed E-state index contributed by atoms with van der Waals surface area (Å²) in [6.45, 7) is 0. The van der Waals surface area contributed by atoms with Crippen molar-refractivity contribution in [2.75, 3.05) is 0 Å². The number of rotatable bonds is 7. The Labute approximate surface area is 512 Å². The maximum absolute atomic E-state index is 6.27. The summed E-state index contributed by atoms with van der Waals surface area (Å²) in [6.07, 6.45) is 0. The van der Waals surface area contributed by atoms with Gasteiger partial charge in [-0.05, 0) is 102 Å². The van der Waals surface area contributed by atoms with Gasteiger partial charge < -0.3 is 22.7 Å². The van der Waals surface area contributed by atoms with Gasteiger partial charge in [0.05, 0.1) is 66.9 Å². The first-order valence-electron chi connectivity index (χ1n) is 30.5. The van der Waals surface area contributed by atoms with Gasteiger partial charge >= 0.3 is 0 Å². The zero-order chi connectivity index (χ0) is 58.5. The maximum atomic E-state index is 6.27. The molecule has 0 aliphatic rings. The van der Waals surface area contributed by atoms with Crippen molar-refractivity contribution >= 4 is 109 Å². The Morgan fingerprint density at radius 1 is 0.180 bits per heavy atom. The molecule has 0 bridgehead atoms. The molecule has 0 saturated heterocycles. The van der Waals surface area contributed by atoms with Crippen molar-refractivity contribution in [2.45, 2.75) is 0 Å². The standard InChI is InChI=1S/C48H30N2O.C36H24N2/c1-7-21-40-33(14-1)34-15-2-8-22-41(34)49(40)42-23-9-3-16-35(42)36-17-4-10-24-43(36)50-44-25-11-5-18-37(44)39-30-31(28-29-45(39)50)32-20-13-27-47-48(32)38-19-6-12-26-46(38)51-47;1-7-19-31-25(13-1)26-14-2-8-20-32(26)37(31)35-23-11-5-17-29(35)30-18-6-12-24-36(30)38-33-21-9-3-15-27(33)28-16-4-10-22-34(28)38/h1-30H;1-24H. The molecule has 0 fully saturated rings. The largest absolute Gasteiger partial charge is 0.456 e. The molecule has 0 amide bonds. The number of para-hydroxylation sites is 12. The van der Waals surface area contributed by atoms with Crippen molar-refractivity contribution in [2.24, 2.45) is 0 Å². The van der Waals surface area contributed by atoms with E-state index in [1.165, 1.54) is 132 Å². The number of furan rings is 1. The monoisotopic (exact) mass is 1130 g/mol. The van der Waals surface area contributed by atoms with E-state index in [4.69, 9.17) is 4.42 Å². The lowest BCUT2D eigenvalue weighted by Crippen LogP contribution is -2.01. The number of hydrogen-bond donors (Lipinski definition) is 0. The zero-order valence-electron chi connectivity index (χ0n) is 48.4. The van der Waals surface area contributed by atoms with Crippen molar-refractivity contribution in [1.29, 1.82) is 0 Å². The minimum Gasteiger partial charge on any atom is -0.456 e. The van der Waals surface area contributed by atoms with Crippen LogP contribution in [0.3, 0.4) is 0 Å². The third-order valence-electron chi connectivity index (χ3n) is 18.3. The molecular formula is C84H54N4O. The highest BCUT2D eigenvalue weighted by molar-refractivity contribution is 6.17. The first-order chi connectivity index (χ1) is 44.2. The first-order valence-corrected chi connectivity index (χ1v) is 30.5. The van der Waals surface area contributed by atoms with E-state index in [-0.39, 0.29) is 0 Å². The van der Waals surface area contributed by atoms with E-state index in [1.807, 2.05) is 12.1 Å². The van der Waals surface area contributed by atoms with Gasteiger partial charge in [0.15, 0.2) is 0 Å². The molecule has 5 heteroatoms. The lowest BCUT2D eigenvalue weighted by Gasteiger charge is -2.18. The van der Waals surface area contributed by atoms with E-state index in [9.17, 15) is 0 Å². The predicted molar refractivity (Wildman–Crippen MR) is 374 cm³/mol. The molecule has 5 aromatic heterocycles. The highest BCUT2D eigenvalue weighted by Gasteiger charge is 2.23. The highest BCUT2D eigenvalue weighted by Crippen LogP contribution is 2.45. The third-order valence-corrected chi connectivity index (χ3v) is 18.3. The second-order valence-corrected chi connectivity index (χ2v) is 23.0. The Kier molecular flexibility index (Phi) is 11.5. The minimum absolute atomic E-state index is 0.909. The quantitative estimate of drug-likeness (QED) is 0.157. The molecule has 0 unspecified atom stereocenters. The van der Waals surface area contributed by atoms with Crippen LogP contribution in [0.5, 0.6) is 0 Å². The van der Waals surface area contributed by atoms with E-state index in [1.54, 1.807) is 0 Å². The summed E-state index contributed by atoms with van der Waals surface area (Å²) < 4.78 is 16.0. The molecular weight excluding hydrogens is 1080 g/mol. The molecule has 0 aliphatic heterocycles. The van der Waals surface area contributed by atoms with Gasteiger partial charge in [0, 0.05) is 76.1 Å². The molecule has 0 saturated carbocycles. The number of benzene rings is 14. The van der Waals surface area contributed by atoms with Crippen LogP contribution in [0.2, 0.25) is 0 Å². The Morgan fingerprint density at radius 2 is 0.438 bits per heavy atom. The topological polar surface area (TPSA) is 32.9 Å². The van der Waals surface area contributed by atoms with Crippen LogP contribution in [0, 0.1) is 0 Å². The van der Waals surface area contributed by atoms with Crippen LogP contribution in [0.15, 0.2) is 332 Å². The van der Waals surface area contributed by atoms with Gasteiger partial charge in [-0.2, -0.15) is 0 Å². The molecule has 0 spiro atoms. The van der Waals surface area contributed by atoms with Crippen molar-refractivity contribution < 1.29 is 4.42 Å². The van der Waals surface area contributed by atoms with Crippen molar-refractivity contribution in [3.63, 3.8) is 0 Å². The number of fused-ring (bicyclic) bond motifs is 15. The van der Waals surface area contributed by atoms with E-state index < -0.39 is 0 Å². The van der Waals surface area contributed by atoms with Crippen molar-refractivity contribution in [3.05, 3.63) is 328 Å². The Balaban J connectivity index is 0.000000139. The van der Waals surface area contributed by atoms with Gasteiger partial charge in [0.2, 0.25) is 0 Å². The van der Waals surface area contributed by atoms with Crippen molar-refractivity contribution in [1.82, 2.24) is 18.3 Å². The third kappa shape index (κ3) is 7.82. The number of nitrogens with zero attached hydrogens (tertiary/aromatic N) is 4. The first kappa shape index (κ1) is 50.4. The average Bonchev–Trinajstić information content (AvgIpc) is 1.70. The van der Waals surface area contributed by atoms with E-state index in [0.29, 0.717) is 0 Å². The van der Waals surface area contributed by atoms with E-state index in [2.05, 4.69) is 334 Å². The van der Waals surface area contributed by atoms with Gasteiger partial charge in [-0.1, -0.05) is 237 Å². The van der Waals surface area contributed by atoms with E-state index in [0.717, 1.165) is 33.3 Å². The summed E-state index contributed by atoms with van der Waals surface area (Å²) in [4.78, 5) is 0. The van der Waals surface area contributed by atoms with Gasteiger partial charge in [-0.25, -0.2) is 0 Å². The van der Waals surface area contributed by atoms with Crippen LogP contribution in [0.4, 0.5) is 0 Å². The SMILES string of the molecule is c1ccc(-n2c3ccccc3c3ccccc32)c(-c2ccccc2-n2c3ccccc3c3cc(-c4cccc5oc6ccccc6c45)ccc32)c1.c1ccc(-n2c3ccccc3c3ccccc32)c(-c2ccccc2-n2c3ccccc3c3ccccc32)c1. The van der Waals surface area contributed by atoms with Gasteiger partial charge in [0.1, 0.15) is 11.2 Å². The molecule has 416 valence electrons. The maximum Gasteiger partial charge on any atom is 0.136 e. The summed E-state index contributed by atoms with van der Waals surface area (Å²) in [5.41, 5.74) is 23.2. The molecule has 0 aliphatic carbocycles. The van der Waals surface area contributed by atoms with Crippen LogP contribution in [0.1, 0.15) is 0 Å². The molecule has 5 heterocycles. The summed E-state index contributed by atoms with van der Waals surface area (Å²) >= 11 is 0. The highest BCUT2D eigenvalue weighted by atomic mass is 16.3. The van der Waals surface area contributed by atoms with Crippen molar-refractivity contribution in [3.8, 4) is 56.1 Å². The fourth-order valence-electron chi connectivity index (χ4n) is 14.5. The molecule has 14 aromatic carbocycles. The van der Waals surface area contributed by atoms with Crippen LogP contribution < -0.4 is 0 Å². The smallest absolute Gasteiger partial charge is 0.136 e. The van der Waals surface area contributed by atoms with Crippen LogP contribution in [-0.2, 0) is 0 Å². The predicted octanol–water partition coefficient (Wildman–Crippen LogP) is 22.7. The Morgan fingerprint density at radius 3 is 0.798 bits per heavy atom. The molecule has 0 N–H and O–H groups in total. The van der Waals surface area contributed by atoms with Crippen LogP contribution in [0.25, 0.3) is 165 Å². The average molecular weight is 1140 g/mol. The number of hydrogen-bond acceptors (Lipinski definition) is 1. The molecule has 89 heavy (non-hydrogen) atoms. The normalized spacial score (nSPS) is 11.8. The zero-order valence-corrected chi connectivity index (χ0v) is 48.4. The van der Waals surface area contributed by atoms with Crippen LogP contribution in [-0.4, -0.2) is 18.3 Å². The lowest BCUT2D eigenvalue weighted by molar-refractivity contribution is 0.669. The Bertz CT molecular complexity index is 5710. The lowest BCUT2D eigenvalue weighted by atomic mass is 9.98. The molecule has 5 nitrogen and oxygen atoms in total. The molecule has 19 aromatic rings. The fourth-order valence-corrected chi connectivity index (χ4v) is 14.5. The van der Waals surface area contributed by atoms with Crippen LogP contribution >= 0.6 is 0 Å². The number of aromatic nitrogens is 4. The Hall–Kier alpha value is -11.9. The summed E-state index contributed by atoms with van der Waals surface area (Å²) in [7, 11) is 0.